The maximum Gasteiger partial charge on any atom is 0.257 e. The fourth-order valence-electron chi connectivity index (χ4n) is 3.90. The summed E-state index contributed by atoms with van der Waals surface area (Å²) < 4.78 is 0. The van der Waals surface area contributed by atoms with Gasteiger partial charge in [-0.15, -0.1) is 0 Å². The maximum absolute atomic E-state index is 12.6. The van der Waals surface area contributed by atoms with Gasteiger partial charge in [-0.2, -0.15) is 0 Å². The Kier molecular flexibility index (Phi) is 3.45. The van der Waals surface area contributed by atoms with Gasteiger partial charge in [0.25, 0.3) is 5.91 Å². The van der Waals surface area contributed by atoms with E-state index in [-0.39, 0.29) is 22.4 Å². The number of nitrogens with one attached hydrogen (secondary N) is 2. The Labute approximate surface area is 139 Å². The number of aromatic nitrogens is 1. The first kappa shape index (κ1) is 14.8. The maximum atomic E-state index is 12.6. The summed E-state index contributed by atoms with van der Waals surface area (Å²) in [7, 11) is 0. The predicted molar refractivity (Wildman–Crippen MR) is 91.0 cm³/mol. The molecular formula is C18H19ClN2O2. The summed E-state index contributed by atoms with van der Waals surface area (Å²) in [6.45, 7) is 0. The quantitative estimate of drug-likeness (QED) is 0.902. The second-order valence-electron chi connectivity index (χ2n) is 6.81. The van der Waals surface area contributed by atoms with Crippen molar-refractivity contribution in [2.45, 2.75) is 44.1 Å². The lowest BCUT2D eigenvalue weighted by molar-refractivity contribution is 0.0912. The van der Waals surface area contributed by atoms with Crippen molar-refractivity contribution in [3.8, 4) is 0 Å². The Hall–Kier alpha value is -1.81. The minimum atomic E-state index is -0.266. The number of carbonyl (C=O) groups excluding carboxylic acids is 1. The van der Waals surface area contributed by atoms with Gasteiger partial charge in [-0.3, -0.25) is 9.59 Å². The van der Waals surface area contributed by atoms with Crippen LogP contribution in [0.25, 0.3) is 10.9 Å². The first-order valence-electron chi connectivity index (χ1n) is 8.22. The number of pyridine rings is 1. The smallest absolute Gasteiger partial charge is 0.257 e. The molecule has 0 unspecified atom stereocenters. The van der Waals surface area contributed by atoms with E-state index in [2.05, 4.69) is 10.3 Å². The molecule has 5 heteroatoms. The van der Waals surface area contributed by atoms with Gasteiger partial charge in [0.1, 0.15) is 5.56 Å². The second kappa shape index (κ2) is 5.38. The molecule has 0 spiro atoms. The van der Waals surface area contributed by atoms with Crippen LogP contribution >= 0.6 is 11.6 Å². The Morgan fingerprint density at radius 1 is 1.26 bits per heavy atom. The molecule has 1 heterocycles. The number of halogens is 1. The molecular weight excluding hydrogens is 312 g/mol. The van der Waals surface area contributed by atoms with Crippen LogP contribution in [0.2, 0.25) is 5.02 Å². The average Bonchev–Trinajstić information content (AvgIpc) is 3.10. The number of hydrogen-bond acceptors (Lipinski definition) is 2. The summed E-state index contributed by atoms with van der Waals surface area (Å²) >= 11 is 5.97. The second-order valence-corrected chi connectivity index (χ2v) is 7.25. The highest BCUT2D eigenvalue weighted by Gasteiger charge is 2.51. The molecule has 23 heavy (non-hydrogen) atoms. The van der Waals surface area contributed by atoms with Crippen LogP contribution in [0.5, 0.6) is 0 Å². The van der Waals surface area contributed by atoms with Crippen LogP contribution in [-0.4, -0.2) is 16.4 Å². The summed E-state index contributed by atoms with van der Waals surface area (Å²) in [5, 5.41) is 4.10. The van der Waals surface area contributed by atoms with Crippen molar-refractivity contribution < 1.29 is 4.79 Å². The van der Waals surface area contributed by atoms with Gasteiger partial charge in [0, 0.05) is 27.7 Å². The number of H-pyrrole nitrogens is 1. The number of benzene rings is 1. The van der Waals surface area contributed by atoms with Gasteiger partial charge in [-0.1, -0.05) is 24.4 Å². The van der Waals surface area contributed by atoms with E-state index in [1.54, 1.807) is 18.2 Å². The molecule has 2 aliphatic carbocycles. The molecule has 0 saturated heterocycles. The SMILES string of the molecule is O=C(NC1(C2CCCC2)CC1)c1c[nH]c2ccc(Cl)cc2c1=O. The topological polar surface area (TPSA) is 62.0 Å². The summed E-state index contributed by atoms with van der Waals surface area (Å²) in [5.74, 6) is 0.304. The molecule has 1 aromatic heterocycles. The van der Waals surface area contributed by atoms with Crippen molar-refractivity contribution >= 4 is 28.4 Å². The summed E-state index contributed by atoms with van der Waals surface area (Å²) in [6.07, 6.45) is 8.43. The molecule has 2 saturated carbocycles. The van der Waals surface area contributed by atoms with Gasteiger partial charge < -0.3 is 10.3 Å². The fraction of sp³-hybridized carbons (Fsp3) is 0.444. The zero-order valence-electron chi connectivity index (χ0n) is 12.8. The summed E-state index contributed by atoms with van der Waals surface area (Å²) in [6, 6.07) is 5.08. The molecule has 2 fully saturated rings. The molecule has 0 aliphatic heterocycles. The summed E-state index contributed by atoms with van der Waals surface area (Å²) in [4.78, 5) is 28.3. The van der Waals surface area contributed by atoms with Gasteiger partial charge in [-0.05, 0) is 49.8 Å². The van der Waals surface area contributed by atoms with Crippen molar-refractivity contribution in [1.82, 2.24) is 10.3 Å². The highest BCUT2D eigenvalue weighted by atomic mass is 35.5. The normalized spacial score (nSPS) is 19.9. The van der Waals surface area contributed by atoms with Gasteiger partial charge in [-0.25, -0.2) is 0 Å². The standard InChI is InChI=1S/C18H19ClN2O2/c19-12-5-6-15-13(9-12)16(22)14(10-20-15)17(23)21-18(7-8-18)11-3-1-2-4-11/h5-6,9-11H,1-4,7-8H2,(H,20,22)(H,21,23). The Morgan fingerprint density at radius 2 is 2.00 bits per heavy atom. The third-order valence-electron chi connectivity index (χ3n) is 5.38. The highest BCUT2D eigenvalue weighted by molar-refractivity contribution is 6.31. The number of rotatable bonds is 3. The van der Waals surface area contributed by atoms with Gasteiger partial charge in [0.15, 0.2) is 0 Å². The average molecular weight is 331 g/mol. The third-order valence-corrected chi connectivity index (χ3v) is 5.61. The molecule has 0 bridgehead atoms. The zero-order valence-corrected chi connectivity index (χ0v) is 13.6. The van der Waals surface area contributed by atoms with E-state index >= 15 is 0 Å². The molecule has 0 atom stereocenters. The highest BCUT2D eigenvalue weighted by Crippen LogP contribution is 2.49. The third kappa shape index (κ3) is 2.55. The summed E-state index contributed by atoms with van der Waals surface area (Å²) in [5.41, 5.74) is 0.529. The molecule has 120 valence electrons. The fourth-order valence-corrected chi connectivity index (χ4v) is 4.07. The van der Waals surface area contributed by atoms with Crippen molar-refractivity contribution in [2.75, 3.05) is 0 Å². The number of fused-ring (bicyclic) bond motifs is 1. The lowest BCUT2D eigenvalue weighted by Crippen LogP contribution is -2.43. The number of amides is 1. The molecule has 2 aromatic rings. The van der Waals surface area contributed by atoms with Crippen LogP contribution in [-0.2, 0) is 0 Å². The van der Waals surface area contributed by atoms with Crippen molar-refractivity contribution in [1.29, 1.82) is 0 Å². The minimum Gasteiger partial charge on any atom is -0.360 e. The van der Waals surface area contributed by atoms with E-state index in [1.807, 2.05) is 0 Å². The molecule has 4 nitrogen and oxygen atoms in total. The number of aromatic amines is 1. The molecule has 0 radical (unpaired) electrons. The van der Waals surface area contributed by atoms with Crippen LogP contribution < -0.4 is 10.7 Å². The van der Waals surface area contributed by atoms with Crippen LogP contribution in [0.4, 0.5) is 0 Å². The van der Waals surface area contributed by atoms with Crippen LogP contribution in [0.1, 0.15) is 48.9 Å². The van der Waals surface area contributed by atoms with Crippen LogP contribution in [0.3, 0.4) is 0 Å². The van der Waals surface area contributed by atoms with Crippen LogP contribution in [0, 0.1) is 5.92 Å². The predicted octanol–water partition coefficient (Wildman–Crippen LogP) is 3.63. The molecule has 1 aromatic carbocycles. The molecule has 1 amide bonds. The lowest BCUT2D eigenvalue weighted by atomic mass is 9.95. The van der Waals surface area contributed by atoms with Gasteiger partial charge >= 0.3 is 0 Å². The molecule has 2 aliphatic rings. The Balaban J connectivity index is 1.65. The zero-order chi connectivity index (χ0) is 16.0. The first-order valence-corrected chi connectivity index (χ1v) is 8.60. The molecule has 4 rings (SSSR count). The monoisotopic (exact) mass is 330 g/mol. The van der Waals surface area contributed by atoms with E-state index < -0.39 is 0 Å². The Morgan fingerprint density at radius 3 is 2.70 bits per heavy atom. The lowest BCUT2D eigenvalue weighted by Gasteiger charge is -2.24. The minimum absolute atomic E-state index is 0.0662. The van der Waals surface area contributed by atoms with E-state index in [9.17, 15) is 9.59 Å². The van der Waals surface area contributed by atoms with Crippen molar-refractivity contribution in [2.24, 2.45) is 5.92 Å². The Bertz CT molecular complexity index is 833. The largest absolute Gasteiger partial charge is 0.360 e. The molecule has 2 N–H and O–H groups in total. The van der Waals surface area contributed by atoms with E-state index in [0.29, 0.717) is 21.8 Å². The van der Waals surface area contributed by atoms with E-state index in [4.69, 9.17) is 11.6 Å². The number of hydrogen-bond donors (Lipinski definition) is 2. The number of carbonyl (C=O) groups is 1. The van der Waals surface area contributed by atoms with E-state index in [1.165, 1.54) is 31.9 Å². The van der Waals surface area contributed by atoms with Crippen LogP contribution in [0.15, 0.2) is 29.2 Å². The van der Waals surface area contributed by atoms with Gasteiger partial charge in [0.2, 0.25) is 5.43 Å². The first-order chi connectivity index (χ1) is 11.1. The van der Waals surface area contributed by atoms with E-state index in [0.717, 1.165) is 12.8 Å². The van der Waals surface area contributed by atoms with Crippen molar-refractivity contribution in [3.05, 3.63) is 45.2 Å². The van der Waals surface area contributed by atoms with Crippen molar-refractivity contribution in [3.63, 3.8) is 0 Å². The van der Waals surface area contributed by atoms with Gasteiger partial charge in [0.05, 0.1) is 0 Å².